The molecular weight excluding hydrogens is 274 g/mol. The molecule has 1 heterocycles. The number of ether oxygens (including phenoxy) is 2. The Morgan fingerprint density at radius 2 is 2.43 bits per heavy atom. The van der Waals surface area contributed by atoms with E-state index in [2.05, 4.69) is 5.32 Å². The first-order valence-electron chi connectivity index (χ1n) is 6.80. The topological polar surface area (TPSA) is 97.0 Å². The van der Waals surface area contributed by atoms with E-state index in [9.17, 15) is 9.90 Å². The highest BCUT2D eigenvalue weighted by Gasteiger charge is 2.24. The zero-order valence-electron chi connectivity index (χ0n) is 12.0. The molecule has 7 nitrogen and oxygen atoms in total. The van der Waals surface area contributed by atoms with Crippen molar-refractivity contribution < 1.29 is 19.4 Å². The molecule has 1 unspecified atom stereocenters. The fraction of sp³-hybridized carbons (Fsp3) is 0.500. The van der Waals surface area contributed by atoms with E-state index in [1.807, 2.05) is 4.90 Å². The molecule has 1 amide bonds. The van der Waals surface area contributed by atoms with Gasteiger partial charge in [0.2, 0.25) is 5.91 Å². The molecule has 1 aromatic rings. The fourth-order valence-electron chi connectivity index (χ4n) is 2.22. The molecule has 1 saturated heterocycles. The minimum Gasteiger partial charge on any atom is -0.497 e. The molecule has 1 atom stereocenters. The second-order valence-electron chi connectivity index (χ2n) is 4.88. The van der Waals surface area contributed by atoms with E-state index >= 15 is 0 Å². The zero-order valence-corrected chi connectivity index (χ0v) is 12.0. The number of aliphatic hydroxyl groups is 1. The Hall–Kier alpha value is -1.83. The van der Waals surface area contributed by atoms with Gasteiger partial charge in [0.15, 0.2) is 0 Å². The van der Waals surface area contributed by atoms with Gasteiger partial charge in [0.1, 0.15) is 5.75 Å². The average molecular weight is 295 g/mol. The predicted octanol–water partition coefficient (Wildman–Crippen LogP) is -0.0910. The number of nitrogens with zero attached hydrogens (tertiary/aromatic N) is 1. The Bertz CT molecular complexity index is 495. The summed E-state index contributed by atoms with van der Waals surface area (Å²) < 4.78 is 10.3. The number of nitrogens with two attached hydrogens (primary N) is 1. The molecule has 7 heteroatoms. The number of methoxy groups -OCH3 is 1. The normalized spacial score (nSPS) is 19.2. The minimum atomic E-state index is -0.174. The van der Waals surface area contributed by atoms with Crippen LogP contribution in [0.25, 0.3) is 0 Å². The number of morpholine rings is 1. The quantitative estimate of drug-likeness (QED) is 0.657. The summed E-state index contributed by atoms with van der Waals surface area (Å²) in [5.41, 5.74) is 6.86. The van der Waals surface area contributed by atoms with Crippen LogP contribution in [0, 0.1) is 0 Å². The van der Waals surface area contributed by atoms with Crippen molar-refractivity contribution in [1.29, 1.82) is 0 Å². The van der Waals surface area contributed by atoms with Gasteiger partial charge in [0.25, 0.3) is 0 Å². The first kappa shape index (κ1) is 15.6. The second-order valence-corrected chi connectivity index (χ2v) is 4.88. The fourth-order valence-corrected chi connectivity index (χ4v) is 2.22. The molecule has 0 aliphatic carbocycles. The van der Waals surface area contributed by atoms with Gasteiger partial charge in [-0.15, -0.1) is 0 Å². The lowest BCUT2D eigenvalue weighted by Gasteiger charge is -2.33. The predicted molar refractivity (Wildman–Crippen MR) is 79.3 cm³/mol. The van der Waals surface area contributed by atoms with Crippen molar-refractivity contribution in [2.45, 2.75) is 6.04 Å². The lowest BCUT2D eigenvalue weighted by molar-refractivity contribution is -0.120. The number of nitrogen functional groups attached to an aromatic ring is 1. The molecule has 0 saturated carbocycles. The summed E-state index contributed by atoms with van der Waals surface area (Å²) in [5, 5.41) is 12.0. The van der Waals surface area contributed by atoms with E-state index in [-0.39, 0.29) is 25.1 Å². The van der Waals surface area contributed by atoms with E-state index in [4.69, 9.17) is 15.2 Å². The maximum Gasteiger partial charge on any atom is 0.238 e. The minimum absolute atomic E-state index is 0.0298. The number of hydrogen-bond acceptors (Lipinski definition) is 6. The summed E-state index contributed by atoms with van der Waals surface area (Å²) in [6.45, 7) is 1.79. The number of rotatable bonds is 5. The van der Waals surface area contributed by atoms with Crippen LogP contribution in [0.1, 0.15) is 0 Å². The number of hydrogen-bond donors (Lipinski definition) is 3. The standard InChI is InChI=1S/C14H21N3O4/c1-20-11-2-3-13(12(15)6-11)16-14(19)7-17-4-5-21-9-10(17)8-18/h2-3,6,10,18H,4-5,7-9,15H2,1H3,(H,16,19). The summed E-state index contributed by atoms with van der Waals surface area (Å²) in [7, 11) is 1.56. The van der Waals surface area contributed by atoms with E-state index in [1.54, 1.807) is 25.3 Å². The van der Waals surface area contributed by atoms with Gasteiger partial charge < -0.3 is 25.6 Å². The van der Waals surface area contributed by atoms with Crippen molar-refractivity contribution >= 4 is 17.3 Å². The third kappa shape index (κ3) is 4.07. The molecule has 2 rings (SSSR count). The number of carbonyl (C=O) groups is 1. The zero-order chi connectivity index (χ0) is 15.2. The first-order valence-corrected chi connectivity index (χ1v) is 6.80. The molecule has 116 valence electrons. The van der Waals surface area contributed by atoms with Gasteiger partial charge in [-0.2, -0.15) is 0 Å². The molecule has 21 heavy (non-hydrogen) atoms. The summed E-state index contributed by atoms with van der Waals surface area (Å²) >= 11 is 0. The van der Waals surface area contributed by atoms with Gasteiger partial charge >= 0.3 is 0 Å². The van der Waals surface area contributed by atoms with Crippen molar-refractivity contribution in [3.63, 3.8) is 0 Å². The van der Waals surface area contributed by atoms with Crippen molar-refractivity contribution in [2.75, 3.05) is 51.1 Å². The van der Waals surface area contributed by atoms with E-state index in [0.717, 1.165) is 0 Å². The Morgan fingerprint density at radius 3 is 3.10 bits per heavy atom. The molecule has 4 N–H and O–H groups in total. The lowest BCUT2D eigenvalue weighted by atomic mass is 10.2. The Balaban J connectivity index is 1.95. The summed E-state index contributed by atoms with van der Waals surface area (Å²) in [5.74, 6) is 0.464. The molecule has 0 aromatic heterocycles. The number of anilines is 2. The monoisotopic (exact) mass is 295 g/mol. The smallest absolute Gasteiger partial charge is 0.238 e. The third-order valence-electron chi connectivity index (χ3n) is 3.44. The van der Waals surface area contributed by atoms with Crippen molar-refractivity contribution in [3.05, 3.63) is 18.2 Å². The van der Waals surface area contributed by atoms with Crippen LogP contribution in [-0.4, -0.2) is 62.0 Å². The number of amides is 1. The summed E-state index contributed by atoms with van der Waals surface area (Å²) in [4.78, 5) is 14.0. The SMILES string of the molecule is COc1ccc(NC(=O)CN2CCOCC2CO)c(N)c1. The first-order chi connectivity index (χ1) is 10.1. The third-order valence-corrected chi connectivity index (χ3v) is 3.44. The second kappa shape index (κ2) is 7.26. The van der Waals surface area contributed by atoms with Crippen LogP contribution in [0.15, 0.2) is 18.2 Å². The van der Waals surface area contributed by atoms with Gasteiger partial charge in [-0.25, -0.2) is 0 Å². The van der Waals surface area contributed by atoms with Crippen LogP contribution < -0.4 is 15.8 Å². The van der Waals surface area contributed by atoms with Gasteiger partial charge in [-0.3, -0.25) is 9.69 Å². The highest BCUT2D eigenvalue weighted by atomic mass is 16.5. The average Bonchev–Trinajstić information content (AvgIpc) is 2.49. The molecule has 1 aliphatic rings. The highest BCUT2D eigenvalue weighted by Crippen LogP contribution is 2.24. The summed E-state index contributed by atoms with van der Waals surface area (Å²) in [6, 6.07) is 4.95. The molecule has 0 radical (unpaired) electrons. The highest BCUT2D eigenvalue weighted by molar-refractivity contribution is 5.95. The molecule has 1 aliphatic heterocycles. The molecule has 1 fully saturated rings. The number of aliphatic hydroxyl groups excluding tert-OH is 1. The molecule has 1 aromatic carbocycles. The van der Waals surface area contributed by atoms with Gasteiger partial charge in [-0.1, -0.05) is 0 Å². The van der Waals surface area contributed by atoms with Crippen LogP contribution in [0.2, 0.25) is 0 Å². The van der Waals surface area contributed by atoms with Crippen molar-refractivity contribution in [1.82, 2.24) is 4.90 Å². The van der Waals surface area contributed by atoms with Gasteiger partial charge in [0.05, 0.1) is 50.9 Å². The number of nitrogens with one attached hydrogen (secondary N) is 1. The maximum absolute atomic E-state index is 12.1. The van der Waals surface area contributed by atoms with Crippen LogP contribution in [0.3, 0.4) is 0 Å². The number of benzene rings is 1. The van der Waals surface area contributed by atoms with Crippen molar-refractivity contribution in [2.24, 2.45) is 0 Å². The van der Waals surface area contributed by atoms with Crippen LogP contribution in [0.4, 0.5) is 11.4 Å². The van der Waals surface area contributed by atoms with E-state index in [1.165, 1.54) is 0 Å². The largest absolute Gasteiger partial charge is 0.497 e. The Morgan fingerprint density at radius 1 is 1.62 bits per heavy atom. The molecular formula is C14H21N3O4. The van der Waals surface area contributed by atoms with Gasteiger partial charge in [0, 0.05) is 12.6 Å². The van der Waals surface area contributed by atoms with E-state index in [0.29, 0.717) is 36.9 Å². The summed E-state index contributed by atoms with van der Waals surface area (Å²) in [6.07, 6.45) is 0. The van der Waals surface area contributed by atoms with Gasteiger partial charge in [-0.05, 0) is 12.1 Å². The van der Waals surface area contributed by atoms with Crippen molar-refractivity contribution in [3.8, 4) is 5.75 Å². The van der Waals surface area contributed by atoms with Crippen LogP contribution in [0.5, 0.6) is 5.75 Å². The lowest BCUT2D eigenvalue weighted by Crippen LogP contribution is -2.50. The van der Waals surface area contributed by atoms with E-state index < -0.39 is 0 Å². The van der Waals surface area contributed by atoms with Crippen LogP contribution in [-0.2, 0) is 9.53 Å². The Kier molecular flexibility index (Phi) is 5.38. The number of carbonyl (C=O) groups excluding carboxylic acids is 1. The molecule has 0 bridgehead atoms. The Labute approximate surface area is 123 Å². The van der Waals surface area contributed by atoms with Crippen LogP contribution >= 0.6 is 0 Å². The molecule has 0 spiro atoms. The maximum atomic E-state index is 12.1.